The molecule has 0 bridgehead atoms. The SMILES string of the molecule is CN(C)C(C(=O)N1CCC[C@H]1c1nc2ccc(-c3ccc(-c4ccc5nc([C@@H]6CCCN6C(=O)C(c6ccc(Cl)cc6)N(C)C)[nH]c5c4)cc3)cc2[nH]1)c1ccc(Cl)cc1.S.S. The van der Waals surface area contributed by atoms with Crippen molar-refractivity contribution in [3.8, 4) is 22.3 Å². The first-order chi connectivity index (χ1) is 29.0. The summed E-state index contributed by atoms with van der Waals surface area (Å²) in [6.07, 6.45) is 3.55. The van der Waals surface area contributed by atoms with E-state index in [2.05, 4.69) is 70.6 Å². The number of carbonyl (C=O) groups is 2. The van der Waals surface area contributed by atoms with E-state index in [0.29, 0.717) is 23.1 Å². The maximum Gasteiger partial charge on any atom is 0.245 e. The quantitative estimate of drug-likeness (QED) is 0.142. The van der Waals surface area contributed by atoms with E-state index >= 15 is 0 Å². The Labute approximate surface area is 386 Å². The lowest BCUT2D eigenvalue weighted by molar-refractivity contribution is -0.138. The first kappa shape index (κ1) is 45.2. The molecule has 14 heteroatoms. The minimum atomic E-state index is -0.413. The summed E-state index contributed by atoms with van der Waals surface area (Å²) in [4.78, 5) is 53.1. The van der Waals surface area contributed by atoms with Crippen LogP contribution < -0.4 is 0 Å². The lowest BCUT2D eigenvalue weighted by Gasteiger charge is -2.31. The van der Waals surface area contributed by atoms with Crippen LogP contribution in [-0.2, 0) is 9.59 Å². The van der Waals surface area contributed by atoms with Gasteiger partial charge >= 0.3 is 0 Å². The number of rotatable bonds is 10. The van der Waals surface area contributed by atoms with Gasteiger partial charge in [-0.2, -0.15) is 27.0 Å². The van der Waals surface area contributed by atoms with Gasteiger partial charge in [0.2, 0.25) is 11.8 Å². The molecular formula is C48H52Cl2N8O2S2. The molecule has 2 unspecified atom stereocenters. The topological polar surface area (TPSA) is 104 Å². The van der Waals surface area contributed by atoms with Crippen LogP contribution in [0.3, 0.4) is 0 Å². The largest absolute Gasteiger partial charge is 0.340 e. The van der Waals surface area contributed by atoms with Crippen LogP contribution in [0.2, 0.25) is 10.0 Å². The molecule has 2 aliphatic heterocycles. The number of nitrogens with zero attached hydrogens (tertiary/aromatic N) is 6. The Morgan fingerprint density at radius 3 is 1.27 bits per heavy atom. The van der Waals surface area contributed by atoms with Crippen LogP contribution in [-0.4, -0.2) is 92.6 Å². The van der Waals surface area contributed by atoms with Gasteiger partial charge in [-0.3, -0.25) is 19.4 Å². The van der Waals surface area contributed by atoms with Crippen molar-refractivity contribution in [1.82, 2.24) is 39.5 Å². The molecule has 2 saturated heterocycles. The van der Waals surface area contributed by atoms with Gasteiger partial charge in [-0.25, -0.2) is 9.97 Å². The summed E-state index contributed by atoms with van der Waals surface area (Å²) in [6.45, 7) is 1.38. The van der Waals surface area contributed by atoms with Gasteiger partial charge in [0.1, 0.15) is 23.7 Å². The Balaban J connectivity index is 0.00000289. The number of halogens is 2. The van der Waals surface area contributed by atoms with Crippen molar-refractivity contribution in [2.24, 2.45) is 0 Å². The maximum absolute atomic E-state index is 14.1. The number of aromatic amines is 2. The van der Waals surface area contributed by atoms with Crippen molar-refractivity contribution in [1.29, 1.82) is 0 Å². The van der Waals surface area contributed by atoms with E-state index in [4.69, 9.17) is 33.2 Å². The fraction of sp³-hybridized carbons (Fsp3) is 0.292. The molecule has 322 valence electrons. The number of imidazole rings is 2. The number of aromatic nitrogens is 4. The van der Waals surface area contributed by atoms with E-state index in [9.17, 15) is 9.59 Å². The number of benzene rings is 5. The molecule has 0 aliphatic carbocycles. The smallest absolute Gasteiger partial charge is 0.245 e. The van der Waals surface area contributed by atoms with Gasteiger partial charge in [-0.15, -0.1) is 0 Å². The van der Waals surface area contributed by atoms with Gasteiger partial charge in [-0.1, -0.05) is 83.9 Å². The number of likely N-dealkylation sites (tertiary alicyclic amines) is 2. The number of amides is 2. The molecule has 5 aromatic carbocycles. The summed E-state index contributed by atoms with van der Waals surface area (Å²) in [7, 11) is 7.75. The van der Waals surface area contributed by atoms with Gasteiger partial charge in [0.15, 0.2) is 0 Å². The van der Waals surface area contributed by atoms with Crippen molar-refractivity contribution in [3.63, 3.8) is 0 Å². The summed E-state index contributed by atoms with van der Waals surface area (Å²) in [5.41, 5.74) is 9.82. The molecule has 0 saturated carbocycles. The number of hydrogen-bond acceptors (Lipinski definition) is 6. The zero-order chi connectivity index (χ0) is 41.7. The lowest BCUT2D eigenvalue weighted by atomic mass is 10.00. The van der Waals surface area contributed by atoms with Crippen LogP contribution in [0, 0.1) is 0 Å². The fourth-order valence-electron chi connectivity index (χ4n) is 9.15. The second kappa shape index (κ2) is 18.9. The zero-order valence-electron chi connectivity index (χ0n) is 35.2. The number of hydrogen-bond donors (Lipinski definition) is 2. The Morgan fingerprint density at radius 1 is 0.565 bits per heavy atom. The number of carbonyl (C=O) groups excluding carboxylic acids is 2. The number of likely N-dealkylation sites (N-methyl/N-ethyl adjacent to an activating group) is 2. The van der Waals surface area contributed by atoms with E-state index < -0.39 is 12.1 Å². The molecule has 2 aliphatic rings. The number of fused-ring (bicyclic) bond motifs is 2. The molecule has 62 heavy (non-hydrogen) atoms. The Bertz CT molecular complexity index is 2500. The van der Waals surface area contributed by atoms with Crippen LogP contribution in [0.5, 0.6) is 0 Å². The van der Waals surface area contributed by atoms with Crippen LogP contribution >= 0.6 is 50.2 Å². The summed E-state index contributed by atoms with van der Waals surface area (Å²) in [5.74, 6) is 1.76. The summed E-state index contributed by atoms with van der Waals surface area (Å²) >= 11 is 12.3. The molecule has 2 fully saturated rings. The average molecular weight is 908 g/mol. The zero-order valence-corrected chi connectivity index (χ0v) is 38.7. The highest BCUT2D eigenvalue weighted by molar-refractivity contribution is 7.59. The molecule has 2 aromatic heterocycles. The second-order valence-electron chi connectivity index (χ2n) is 16.5. The molecule has 0 radical (unpaired) electrons. The van der Waals surface area contributed by atoms with Crippen molar-refractivity contribution >= 4 is 84.1 Å². The average Bonchev–Trinajstić information content (AvgIpc) is 4.07. The molecule has 10 nitrogen and oxygen atoms in total. The molecule has 0 spiro atoms. The van der Waals surface area contributed by atoms with Crippen molar-refractivity contribution in [2.45, 2.75) is 49.9 Å². The number of nitrogens with one attached hydrogen (secondary N) is 2. The highest BCUT2D eigenvalue weighted by atomic mass is 35.5. The highest BCUT2D eigenvalue weighted by Gasteiger charge is 2.38. The van der Waals surface area contributed by atoms with Gasteiger partial charge in [-0.05, 0) is 136 Å². The fourth-order valence-corrected chi connectivity index (χ4v) is 9.40. The van der Waals surface area contributed by atoms with Crippen LogP contribution in [0.25, 0.3) is 44.3 Å². The predicted molar refractivity (Wildman–Crippen MR) is 261 cm³/mol. The first-order valence-corrected chi connectivity index (χ1v) is 21.3. The van der Waals surface area contributed by atoms with Gasteiger partial charge in [0.05, 0.1) is 34.2 Å². The standard InChI is InChI=1S/C48H48Cl2N8O2.2H2S/c1-55(2)43(31-13-19-35(49)20-14-31)47(59)57-25-5-7-41(57)45-51-37-23-17-33(27-39(37)53-45)29-9-11-30(12-10-29)34-18-24-38-40(28-34)54-46(52-38)42-8-6-26-58(42)48(60)44(56(3)4)32-15-21-36(50)22-16-32;;/h9-24,27-28,41-44H,5-8,25-26H2,1-4H3,(H,51,53)(H,52,54);2*1H2/t41-,42-,43?,44?;;/m0../s1. The monoisotopic (exact) mass is 906 g/mol. The van der Waals surface area contributed by atoms with E-state index in [0.717, 1.165) is 92.8 Å². The molecule has 2 amide bonds. The normalized spacial score (nSPS) is 17.4. The third-order valence-electron chi connectivity index (χ3n) is 12.1. The maximum atomic E-state index is 14.1. The van der Waals surface area contributed by atoms with Crippen molar-refractivity contribution in [3.05, 3.63) is 142 Å². The van der Waals surface area contributed by atoms with Crippen LogP contribution in [0.15, 0.2) is 109 Å². The number of H-pyrrole nitrogens is 2. The van der Waals surface area contributed by atoms with Crippen molar-refractivity contribution < 1.29 is 9.59 Å². The molecule has 2 N–H and O–H groups in total. The predicted octanol–water partition coefficient (Wildman–Crippen LogP) is 10.2. The molecular weight excluding hydrogens is 856 g/mol. The Hall–Kier alpha value is -4.82. The summed E-state index contributed by atoms with van der Waals surface area (Å²) < 4.78 is 0. The van der Waals surface area contributed by atoms with Crippen molar-refractivity contribution in [2.75, 3.05) is 41.3 Å². The third kappa shape index (κ3) is 8.86. The lowest BCUT2D eigenvalue weighted by Crippen LogP contribution is -2.40. The summed E-state index contributed by atoms with van der Waals surface area (Å²) in [6, 6.07) is 35.2. The van der Waals surface area contributed by atoms with E-state index in [1.165, 1.54) is 0 Å². The molecule has 7 aromatic rings. The Kier molecular flexibility index (Phi) is 13.8. The van der Waals surface area contributed by atoms with Crippen LogP contribution in [0.1, 0.15) is 72.6 Å². The molecule has 9 rings (SSSR count). The highest BCUT2D eigenvalue weighted by Crippen LogP contribution is 2.38. The van der Waals surface area contributed by atoms with Crippen LogP contribution in [0.4, 0.5) is 0 Å². The summed E-state index contributed by atoms with van der Waals surface area (Å²) in [5, 5.41) is 1.30. The molecule has 4 heterocycles. The minimum Gasteiger partial charge on any atom is -0.340 e. The molecule has 4 atom stereocenters. The van der Waals surface area contributed by atoms with Gasteiger partial charge in [0.25, 0.3) is 0 Å². The van der Waals surface area contributed by atoms with E-state index in [-0.39, 0.29) is 50.9 Å². The second-order valence-corrected chi connectivity index (χ2v) is 17.4. The Morgan fingerprint density at radius 2 is 0.919 bits per heavy atom. The van der Waals surface area contributed by atoms with E-state index in [1.807, 2.05) is 96.3 Å². The first-order valence-electron chi connectivity index (χ1n) is 20.6. The van der Waals surface area contributed by atoms with Gasteiger partial charge < -0.3 is 19.8 Å². The van der Waals surface area contributed by atoms with Gasteiger partial charge in [0, 0.05) is 23.1 Å². The minimum absolute atomic E-state index is 0. The van der Waals surface area contributed by atoms with E-state index in [1.54, 1.807) is 0 Å². The third-order valence-corrected chi connectivity index (χ3v) is 12.6.